The van der Waals surface area contributed by atoms with Crippen molar-refractivity contribution in [3.63, 3.8) is 0 Å². The van der Waals surface area contributed by atoms with E-state index in [4.69, 9.17) is 0 Å². The summed E-state index contributed by atoms with van der Waals surface area (Å²) in [6.45, 7) is 17.6. The Hall–Kier alpha value is -2.43. The lowest BCUT2D eigenvalue weighted by atomic mass is 10.4. The fraction of sp³-hybridized carbons (Fsp3) is 0.267. The third-order valence-corrected chi connectivity index (χ3v) is 2.51. The van der Waals surface area contributed by atoms with E-state index in [0.717, 1.165) is 0 Å². The maximum atomic E-state index is 4.49. The molecule has 106 valence electrons. The van der Waals surface area contributed by atoms with E-state index >= 15 is 0 Å². The van der Waals surface area contributed by atoms with Gasteiger partial charge in [0.05, 0.1) is 0 Å². The Kier molecular flexibility index (Phi) is 6.75. The molecule has 5 heteroatoms. The van der Waals surface area contributed by atoms with Gasteiger partial charge < -0.3 is 9.80 Å². The van der Waals surface area contributed by atoms with Crippen molar-refractivity contribution in [2.75, 3.05) is 36.0 Å². The van der Waals surface area contributed by atoms with E-state index in [2.05, 4.69) is 41.3 Å². The van der Waals surface area contributed by atoms with Gasteiger partial charge in [-0.25, -0.2) is 9.97 Å². The van der Waals surface area contributed by atoms with E-state index in [1.807, 2.05) is 9.80 Å². The van der Waals surface area contributed by atoms with E-state index in [0.29, 0.717) is 38.1 Å². The zero-order valence-electron chi connectivity index (χ0n) is 11.8. The predicted octanol–water partition coefficient (Wildman–Crippen LogP) is 2.23. The molecule has 0 saturated heterocycles. The first kappa shape index (κ1) is 15.6. The normalized spacial score (nSPS) is 9.60. The molecule has 0 fully saturated rings. The lowest BCUT2D eigenvalue weighted by Crippen LogP contribution is -2.29. The Morgan fingerprint density at radius 2 is 1.10 bits per heavy atom. The number of nitrogens with zero attached hydrogens (tertiary/aromatic N) is 5. The van der Waals surface area contributed by atoms with Crippen molar-refractivity contribution in [2.24, 2.45) is 0 Å². The van der Waals surface area contributed by atoms with Crippen LogP contribution in [-0.4, -0.2) is 41.1 Å². The standard InChI is InChI=1S/C15H21N5/c1-5-9-19(10-6-2)14-16-13-17-15(18-14)20(11-7-3)12-8-4/h5-8,13H,1-4,9-12H2. The fourth-order valence-corrected chi connectivity index (χ4v) is 1.68. The highest BCUT2D eigenvalue weighted by Crippen LogP contribution is 2.12. The van der Waals surface area contributed by atoms with Crippen molar-refractivity contribution < 1.29 is 0 Å². The molecule has 1 heterocycles. The quantitative estimate of drug-likeness (QED) is 0.611. The number of hydrogen-bond acceptors (Lipinski definition) is 5. The van der Waals surface area contributed by atoms with Crippen LogP contribution in [0, 0.1) is 0 Å². The molecule has 0 amide bonds. The second-order valence-corrected chi connectivity index (χ2v) is 4.05. The van der Waals surface area contributed by atoms with E-state index in [9.17, 15) is 0 Å². The van der Waals surface area contributed by atoms with Crippen LogP contribution in [0.4, 0.5) is 11.9 Å². The van der Waals surface area contributed by atoms with Crippen LogP contribution in [0.5, 0.6) is 0 Å². The summed E-state index contributed by atoms with van der Waals surface area (Å²) in [4.78, 5) is 16.8. The minimum atomic E-state index is 0.605. The van der Waals surface area contributed by atoms with Gasteiger partial charge in [-0.2, -0.15) is 4.98 Å². The van der Waals surface area contributed by atoms with Crippen LogP contribution in [0.1, 0.15) is 0 Å². The van der Waals surface area contributed by atoms with Gasteiger partial charge in [-0.05, 0) is 0 Å². The highest BCUT2D eigenvalue weighted by atomic mass is 15.3. The molecule has 0 aliphatic rings. The third-order valence-electron chi connectivity index (χ3n) is 2.51. The monoisotopic (exact) mass is 271 g/mol. The SMILES string of the molecule is C=CCN(CC=C)c1ncnc(N(CC=C)CC=C)n1. The molecule has 0 atom stereocenters. The lowest BCUT2D eigenvalue weighted by molar-refractivity contribution is 0.830. The summed E-state index contributed by atoms with van der Waals surface area (Å²) in [7, 11) is 0. The maximum Gasteiger partial charge on any atom is 0.230 e. The molecule has 0 aliphatic heterocycles. The first-order chi connectivity index (χ1) is 9.76. The molecule has 0 aromatic carbocycles. The molecule has 20 heavy (non-hydrogen) atoms. The fourth-order valence-electron chi connectivity index (χ4n) is 1.68. The number of rotatable bonds is 10. The van der Waals surface area contributed by atoms with E-state index in [-0.39, 0.29) is 0 Å². The first-order valence-corrected chi connectivity index (χ1v) is 6.39. The Bertz CT molecular complexity index is 410. The van der Waals surface area contributed by atoms with Gasteiger partial charge in [0, 0.05) is 26.2 Å². The summed E-state index contributed by atoms with van der Waals surface area (Å²) in [5, 5.41) is 0. The topological polar surface area (TPSA) is 45.2 Å². The maximum absolute atomic E-state index is 4.49. The number of aromatic nitrogens is 3. The zero-order valence-corrected chi connectivity index (χ0v) is 11.8. The van der Waals surface area contributed by atoms with Crippen LogP contribution in [0.3, 0.4) is 0 Å². The van der Waals surface area contributed by atoms with Gasteiger partial charge in [0.25, 0.3) is 0 Å². The zero-order chi connectivity index (χ0) is 14.8. The van der Waals surface area contributed by atoms with Gasteiger partial charge in [0.15, 0.2) is 0 Å². The highest BCUT2D eigenvalue weighted by Gasteiger charge is 2.11. The van der Waals surface area contributed by atoms with Crippen LogP contribution in [0.2, 0.25) is 0 Å². The van der Waals surface area contributed by atoms with Crippen LogP contribution < -0.4 is 9.80 Å². The van der Waals surface area contributed by atoms with Crippen LogP contribution in [-0.2, 0) is 0 Å². The van der Waals surface area contributed by atoms with Gasteiger partial charge in [0.2, 0.25) is 11.9 Å². The van der Waals surface area contributed by atoms with Gasteiger partial charge in [0.1, 0.15) is 6.33 Å². The van der Waals surface area contributed by atoms with Crippen molar-refractivity contribution in [2.45, 2.75) is 0 Å². The smallest absolute Gasteiger partial charge is 0.230 e. The highest BCUT2D eigenvalue weighted by molar-refractivity contribution is 5.40. The average Bonchev–Trinajstić information content (AvgIpc) is 2.47. The molecule has 1 aromatic heterocycles. The molecule has 0 bridgehead atoms. The molecule has 0 radical (unpaired) electrons. The molecular weight excluding hydrogens is 250 g/mol. The van der Waals surface area contributed by atoms with Crippen molar-refractivity contribution in [3.05, 3.63) is 56.9 Å². The molecular formula is C15H21N5. The molecule has 0 N–H and O–H groups in total. The molecule has 0 spiro atoms. The predicted molar refractivity (Wildman–Crippen MR) is 85.0 cm³/mol. The molecule has 1 aromatic rings. The summed E-state index contributed by atoms with van der Waals surface area (Å²) < 4.78 is 0. The summed E-state index contributed by atoms with van der Waals surface area (Å²) in [6.07, 6.45) is 8.73. The van der Waals surface area contributed by atoms with Crippen molar-refractivity contribution in [3.8, 4) is 0 Å². The number of anilines is 2. The van der Waals surface area contributed by atoms with Gasteiger partial charge in [-0.1, -0.05) is 24.3 Å². The van der Waals surface area contributed by atoms with E-state index < -0.39 is 0 Å². The Morgan fingerprint density at radius 1 is 0.750 bits per heavy atom. The van der Waals surface area contributed by atoms with Crippen LogP contribution in [0.15, 0.2) is 56.9 Å². The molecule has 0 aliphatic carbocycles. The van der Waals surface area contributed by atoms with Gasteiger partial charge in [-0.15, -0.1) is 26.3 Å². The second-order valence-electron chi connectivity index (χ2n) is 4.05. The summed E-state index contributed by atoms with van der Waals surface area (Å²) >= 11 is 0. The van der Waals surface area contributed by atoms with Crippen LogP contribution >= 0.6 is 0 Å². The van der Waals surface area contributed by atoms with Crippen molar-refractivity contribution >= 4 is 11.9 Å². The molecule has 1 rings (SSSR count). The number of hydrogen-bond donors (Lipinski definition) is 0. The first-order valence-electron chi connectivity index (χ1n) is 6.39. The Balaban J connectivity index is 3.01. The van der Waals surface area contributed by atoms with E-state index in [1.165, 1.54) is 6.33 Å². The average molecular weight is 271 g/mol. The third kappa shape index (κ3) is 4.35. The minimum absolute atomic E-state index is 0.605. The van der Waals surface area contributed by atoms with Crippen molar-refractivity contribution in [1.29, 1.82) is 0 Å². The summed E-state index contributed by atoms with van der Waals surface area (Å²) in [6, 6.07) is 0. The molecule has 0 unspecified atom stereocenters. The van der Waals surface area contributed by atoms with Crippen molar-refractivity contribution in [1.82, 2.24) is 15.0 Å². The Labute approximate surface area is 120 Å². The second kappa shape index (κ2) is 8.63. The van der Waals surface area contributed by atoms with Gasteiger partial charge in [-0.3, -0.25) is 0 Å². The largest absolute Gasteiger partial charge is 0.333 e. The van der Waals surface area contributed by atoms with Crippen LogP contribution in [0.25, 0.3) is 0 Å². The van der Waals surface area contributed by atoms with Gasteiger partial charge >= 0.3 is 0 Å². The summed E-state index contributed by atoms with van der Waals surface area (Å²) in [5.41, 5.74) is 0. The molecule has 5 nitrogen and oxygen atoms in total. The Morgan fingerprint density at radius 3 is 1.40 bits per heavy atom. The van der Waals surface area contributed by atoms with E-state index in [1.54, 1.807) is 24.3 Å². The minimum Gasteiger partial charge on any atom is -0.333 e. The lowest BCUT2D eigenvalue weighted by Gasteiger charge is -2.22. The summed E-state index contributed by atoms with van der Waals surface area (Å²) in [5.74, 6) is 1.21. The molecule has 0 saturated carbocycles.